The molecule has 0 spiro atoms. The maximum Gasteiger partial charge on any atom is 0.234 e. The smallest absolute Gasteiger partial charge is 0.234 e. The van der Waals surface area contributed by atoms with Gasteiger partial charge in [0.05, 0.1) is 19.7 Å². The van der Waals surface area contributed by atoms with Gasteiger partial charge in [0.15, 0.2) is 0 Å². The average molecular weight is 325 g/mol. The Labute approximate surface area is 142 Å². The van der Waals surface area contributed by atoms with E-state index in [1.54, 1.807) is 19.5 Å². The first-order valence-electron chi connectivity index (χ1n) is 8.32. The summed E-state index contributed by atoms with van der Waals surface area (Å²) in [5.74, 6) is 0.852. The summed E-state index contributed by atoms with van der Waals surface area (Å²) >= 11 is 0. The van der Waals surface area contributed by atoms with Crippen LogP contribution in [0.4, 0.5) is 0 Å². The van der Waals surface area contributed by atoms with Crippen LogP contribution in [-0.2, 0) is 4.79 Å². The van der Waals surface area contributed by atoms with Gasteiger partial charge in [-0.3, -0.25) is 14.7 Å². The van der Waals surface area contributed by atoms with Crippen molar-refractivity contribution in [3.8, 4) is 5.75 Å². The molecule has 1 N–H and O–H groups in total. The molecule has 1 aromatic heterocycles. The number of carbonyl (C=O) groups excluding carboxylic acids is 1. The third-order valence-electron chi connectivity index (χ3n) is 4.36. The fourth-order valence-corrected chi connectivity index (χ4v) is 3.06. The van der Waals surface area contributed by atoms with Crippen LogP contribution in [0.3, 0.4) is 0 Å². The highest BCUT2D eigenvalue weighted by Crippen LogP contribution is 2.24. The SMILES string of the molecule is COc1ccc([C@H](NC(=O)CN2CCCC2)c2ccncc2)cc1. The van der Waals surface area contributed by atoms with E-state index < -0.39 is 0 Å². The highest BCUT2D eigenvalue weighted by atomic mass is 16.5. The lowest BCUT2D eigenvalue weighted by Gasteiger charge is -2.22. The first-order chi connectivity index (χ1) is 11.8. The molecule has 3 rings (SSSR count). The third-order valence-corrected chi connectivity index (χ3v) is 4.36. The molecular weight excluding hydrogens is 302 g/mol. The van der Waals surface area contributed by atoms with Gasteiger partial charge in [0.25, 0.3) is 0 Å². The Balaban J connectivity index is 1.77. The van der Waals surface area contributed by atoms with E-state index in [1.807, 2.05) is 36.4 Å². The second-order valence-corrected chi connectivity index (χ2v) is 6.04. The number of methoxy groups -OCH3 is 1. The average Bonchev–Trinajstić information content (AvgIpc) is 3.13. The number of aromatic nitrogens is 1. The molecule has 1 amide bonds. The van der Waals surface area contributed by atoms with Crippen LogP contribution in [0.5, 0.6) is 5.75 Å². The molecule has 24 heavy (non-hydrogen) atoms. The van der Waals surface area contributed by atoms with Gasteiger partial charge in [0.2, 0.25) is 5.91 Å². The molecule has 1 saturated heterocycles. The molecule has 0 radical (unpaired) electrons. The summed E-state index contributed by atoms with van der Waals surface area (Å²) in [5.41, 5.74) is 2.04. The minimum Gasteiger partial charge on any atom is -0.497 e. The molecular formula is C19H23N3O2. The van der Waals surface area contributed by atoms with Gasteiger partial charge in [-0.15, -0.1) is 0 Å². The minimum atomic E-state index is -0.186. The Kier molecular flexibility index (Phi) is 5.43. The second-order valence-electron chi connectivity index (χ2n) is 6.04. The molecule has 1 fully saturated rings. The molecule has 0 aliphatic carbocycles. The Hall–Kier alpha value is -2.40. The molecule has 0 unspecified atom stereocenters. The number of likely N-dealkylation sites (tertiary alicyclic amines) is 1. The standard InChI is InChI=1S/C19H23N3O2/c1-24-17-6-4-15(5-7-17)19(16-8-10-20-11-9-16)21-18(23)14-22-12-2-3-13-22/h4-11,19H,2-3,12-14H2,1H3,(H,21,23)/t19-/m0/s1. The molecule has 1 aliphatic heterocycles. The van der Waals surface area contributed by atoms with Gasteiger partial charge in [-0.25, -0.2) is 0 Å². The van der Waals surface area contributed by atoms with Crippen molar-refractivity contribution >= 4 is 5.91 Å². The Morgan fingerprint density at radius 3 is 2.38 bits per heavy atom. The Bertz CT molecular complexity index is 652. The number of pyridine rings is 1. The zero-order valence-corrected chi connectivity index (χ0v) is 13.9. The van der Waals surface area contributed by atoms with Gasteiger partial charge in [0, 0.05) is 12.4 Å². The summed E-state index contributed by atoms with van der Waals surface area (Å²) in [7, 11) is 1.65. The molecule has 5 heteroatoms. The van der Waals surface area contributed by atoms with Gasteiger partial charge in [-0.05, 0) is 61.3 Å². The molecule has 5 nitrogen and oxygen atoms in total. The highest BCUT2D eigenvalue weighted by molar-refractivity contribution is 5.79. The Morgan fingerprint density at radius 1 is 1.12 bits per heavy atom. The van der Waals surface area contributed by atoms with Gasteiger partial charge in [0.1, 0.15) is 5.75 Å². The van der Waals surface area contributed by atoms with Crippen molar-refractivity contribution in [1.29, 1.82) is 0 Å². The zero-order chi connectivity index (χ0) is 16.8. The number of carbonyl (C=O) groups is 1. The number of hydrogen-bond acceptors (Lipinski definition) is 4. The van der Waals surface area contributed by atoms with E-state index in [1.165, 1.54) is 12.8 Å². The van der Waals surface area contributed by atoms with E-state index in [-0.39, 0.29) is 11.9 Å². The van der Waals surface area contributed by atoms with Crippen molar-refractivity contribution in [3.63, 3.8) is 0 Å². The van der Waals surface area contributed by atoms with E-state index in [0.717, 1.165) is 30.0 Å². The molecule has 1 atom stereocenters. The van der Waals surface area contributed by atoms with Crippen LogP contribution < -0.4 is 10.1 Å². The number of rotatable bonds is 6. The van der Waals surface area contributed by atoms with Gasteiger partial charge in [-0.2, -0.15) is 0 Å². The van der Waals surface area contributed by atoms with Crippen molar-refractivity contribution < 1.29 is 9.53 Å². The first-order valence-corrected chi connectivity index (χ1v) is 8.32. The van der Waals surface area contributed by atoms with Crippen molar-refractivity contribution in [1.82, 2.24) is 15.2 Å². The van der Waals surface area contributed by atoms with Gasteiger partial charge >= 0.3 is 0 Å². The van der Waals surface area contributed by atoms with E-state index >= 15 is 0 Å². The van der Waals surface area contributed by atoms with Crippen LogP contribution in [0.15, 0.2) is 48.8 Å². The van der Waals surface area contributed by atoms with Crippen molar-refractivity contribution in [2.75, 3.05) is 26.7 Å². The van der Waals surface area contributed by atoms with Gasteiger partial charge < -0.3 is 10.1 Å². The predicted molar refractivity (Wildman–Crippen MR) is 92.9 cm³/mol. The molecule has 126 valence electrons. The number of ether oxygens (including phenoxy) is 1. The van der Waals surface area contributed by atoms with Crippen molar-refractivity contribution in [3.05, 3.63) is 59.9 Å². The maximum absolute atomic E-state index is 12.5. The maximum atomic E-state index is 12.5. The molecule has 1 aliphatic rings. The van der Waals surface area contributed by atoms with E-state index in [0.29, 0.717) is 6.54 Å². The fourth-order valence-electron chi connectivity index (χ4n) is 3.06. The van der Waals surface area contributed by atoms with Crippen molar-refractivity contribution in [2.24, 2.45) is 0 Å². The molecule has 0 bridgehead atoms. The summed E-state index contributed by atoms with van der Waals surface area (Å²) in [6.07, 6.45) is 5.86. The predicted octanol–water partition coefficient (Wildman–Crippen LogP) is 2.39. The normalized spacial score (nSPS) is 15.9. The molecule has 0 saturated carbocycles. The molecule has 2 aromatic rings. The summed E-state index contributed by atoms with van der Waals surface area (Å²) in [6.45, 7) is 2.48. The summed E-state index contributed by atoms with van der Waals surface area (Å²) in [4.78, 5) is 18.8. The lowest BCUT2D eigenvalue weighted by molar-refractivity contribution is -0.122. The highest BCUT2D eigenvalue weighted by Gasteiger charge is 2.20. The third kappa shape index (κ3) is 4.11. The van der Waals surface area contributed by atoms with E-state index in [9.17, 15) is 4.79 Å². The number of nitrogens with zero attached hydrogens (tertiary/aromatic N) is 2. The summed E-state index contributed by atoms with van der Waals surface area (Å²) < 4.78 is 5.22. The lowest BCUT2D eigenvalue weighted by Crippen LogP contribution is -2.38. The number of hydrogen-bond donors (Lipinski definition) is 1. The molecule has 1 aromatic carbocycles. The number of amides is 1. The van der Waals surface area contributed by atoms with Crippen LogP contribution in [0, 0.1) is 0 Å². The zero-order valence-electron chi connectivity index (χ0n) is 13.9. The van der Waals surface area contributed by atoms with Crippen molar-refractivity contribution in [2.45, 2.75) is 18.9 Å². The number of nitrogens with one attached hydrogen (secondary N) is 1. The largest absolute Gasteiger partial charge is 0.497 e. The first kappa shape index (κ1) is 16.5. The topological polar surface area (TPSA) is 54.5 Å². The molecule has 2 heterocycles. The van der Waals surface area contributed by atoms with E-state index in [2.05, 4.69) is 15.2 Å². The van der Waals surface area contributed by atoms with Crippen LogP contribution in [0.1, 0.15) is 30.0 Å². The fraction of sp³-hybridized carbons (Fsp3) is 0.368. The second kappa shape index (κ2) is 7.93. The van der Waals surface area contributed by atoms with Crippen LogP contribution in [0.2, 0.25) is 0 Å². The number of benzene rings is 1. The Morgan fingerprint density at radius 2 is 1.75 bits per heavy atom. The van der Waals surface area contributed by atoms with Crippen LogP contribution >= 0.6 is 0 Å². The lowest BCUT2D eigenvalue weighted by atomic mass is 9.99. The monoisotopic (exact) mass is 325 g/mol. The summed E-state index contributed by atoms with van der Waals surface area (Å²) in [6, 6.07) is 11.5. The quantitative estimate of drug-likeness (QED) is 0.886. The minimum absolute atomic E-state index is 0.0505. The summed E-state index contributed by atoms with van der Waals surface area (Å²) in [5, 5.41) is 3.16. The van der Waals surface area contributed by atoms with Crippen LogP contribution in [-0.4, -0.2) is 42.5 Å². The van der Waals surface area contributed by atoms with E-state index in [4.69, 9.17) is 4.74 Å². The van der Waals surface area contributed by atoms with Crippen LogP contribution in [0.25, 0.3) is 0 Å². The van der Waals surface area contributed by atoms with Gasteiger partial charge in [-0.1, -0.05) is 12.1 Å².